The van der Waals surface area contributed by atoms with Crippen molar-refractivity contribution in [1.82, 2.24) is 4.90 Å². The summed E-state index contributed by atoms with van der Waals surface area (Å²) in [6.07, 6.45) is 2.10. The molecular formula is C15H17F2NO2. The summed E-state index contributed by atoms with van der Waals surface area (Å²) < 4.78 is 26.9. The third kappa shape index (κ3) is 2.86. The Labute approximate surface area is 116 Å². The van der Waals surface area contributed by atoms with Gasteiger partial charge >= 0.3 is 0 Å². The van der Waals surface area contributed by atoms with Crippen molar-refractivity contribution in [1.29, 1.82) is 0 Å². The van der Waals surface area contributed by atoms with E-state index in [0.29, 0.717) is 25.7 Å². The Morgan fingerprint density at radius 1 is 1.20 bits per heavy atom. The lowest BCUT2D eigenvalue weighted by Gasteiger charge is -2.31. The number of benzene rings is 1. The van der Waals surface area contributed by atoms with Crippen molar-refractivity contribution in [3.05, 3.63) is 34.9 Å². The minimum Gasteiger partial charge on any atom is -0.339 e. The van der Waals surface area contributed by atoms with Crippen molar-refractivity contribution < 1.29 is 18.4 Å². The molecule has 0 saturated heterocycles. The third-order valence-electron chi connectivity index (χ3n) is 3.86. The molecule has 0 N–H and O–H groups in total. The van der Waals surface area contributed by atoms with E-state index in [1.807, 2.05) is 0 Å². The highest BCUT2D eigenvalue weighted by Gasteiger charge is 2.27. The molecule has 0 aliphatic heterocycles. The molecule has 1 aliphatic carbocycles. The van der Waals surface area contributed by atoms with Gasteiger partial charge in [-0.05, 0) is 31.4 Å². The largest absolute Gasteiger partial charge is 0.339 e. The van der Waals surface area contributed by atoms with E-state index < -0.39 is 17.5 Å². The number of ketones is 1. The molecule has 1 aromatic carbocycles. The first-order valence-corrected chi connectivity index (χ1v) is 6.64. The molecule has 0 atom stereocenters. The van der Waals surface area contributed by atoms with Crippen LogP contribution < -0.4 is 0 Å². The van der Waals surface area contributed by atoms with E-state index in [1.54, 1.807) is 7.05 Å². The van der Waals surface area contributed by atoms with Gasteiger partial charge in [-0.15, -0.1) is 0 Å². The van der Waals surface area contributed by atoms with Gasteiger partial charge in [0.2, 0.25) is 0 Å². The molecule has 1 aliphatic rings. The van der Waals surface area contributed by atoms with Crippen LogP contribution in [0.1, 0.15) is 41.6 Å². The number of carbonyl (C=O) groups is 2. The summed E-state index contributed by atoms with van der Waals surface area (Å²) in [6, 6.07) is 1.91. The monoisotopic (exact) mass is 281 g/mol. The number of hydrogen-bond donors (Lipinski definition) is 0. The molecule has 1 fully saturated rings. The number of amides is 1. The van der Waals surface area contributed by atoms with Gasteiger partial charge in [-0.3, -0.25) is 9.59 Å². The molecule has 0 spiro atoms. The number of aryl methyl sites for hydroxylation is 1. The van der Waals surface area contributed by atoms with Gasteiger partial charge in [0.25, 0.3) is 5.91 Å². The Hall–Kier alpha value is -1.78. The smallest absolute Gasteiger partial charge is 0.256 e. The number of rotatable bonds is 2. The second-order valence-electron chi connectivity index (χ2n) is 5.27. The SMILES string of the molecule is Cc1cc(C(=O)N(C)C2CCC(=O)CC2)c(F)cc1F. The molecule has 20 heavy (non-hydrogen) atoms. The molecule has 2 rings (SSSR count). The van der Waals surface area contributed by atoms with E-state index in [4.69, 9.17) is 0 Å². The highest BCUT2D eigenvalue weighted by Crippen LogP contribution is 2.22. The summed E-state index contributed by atoms with van der Waals surface area (Å²) in [5.41, 5.74) is 0.116. The van der Waals surface area contributed by atoms with E-state index in [-0.39, 0.29) is 23.0 Å². The van der Waals surface area contributed by atoms with Crippen LogP contribution >= 0.6 is 0 Å². The zero-order valence-corrected chi connectivity index (χ0v) is 11.6. The summed E-state index contributed by atoms with van der Waals surface area (Å²) in [4.78, 5) is 25.0. The first-order valence-electron chi connectivity index (χ1n) is 6.64. The number of Topliss-reactive ketones (excluding diaryl/α,β-unsaturated/α-hetero) is 1. The summed E-state index contributed by atoms with van der Waals surface area (Å²) >= 11 is 0. The van der Waals surface area contributed by atoms with Crippen molar-refractivity contribution in [2.24, 2.45) is 0 Å². The van der Waals surface area contributed by atoms with Crippen molar-refractivity contribution in [3.63, 3.8) is 0 Å². The maximum absolute atomic E-state index is 13.7. The fourth-order valence-corrected chi connectivity index (χ4v) is 2.49. The van der Waals surface area contributed by atoms with Gasteiger partial charge in [-0.2, -0.15) is 0 Å². The second kappa shape index (κ2) is 5.69. The van der Waals surface area contributed by atoms with Crippen molar-refractivity contribution in [2.75, 3.05) is 7.05 Å². The Balaban J connectivity index is 2.18. The van der Waals surface area contributed by atoms with Crippen molar-refractivity contribution >= 4 is 11.7 Å². The van der Waals surface area contributed by atoms with E-state index in [1.165, 1.54) is 17.9 Å². The van der Waals surface area contributed by atoms with Gasteiger partial charge in [0.15, 0.2) is 0 Å². The van der Waals surface area contributed by atoms with Crippen LogP contribution in [-0.4, -0.2) is 29.7 Å². The first-order chi connectivity index (χ1) is 9.40. The van der Waals surface area contributed by atoms with Gasteiger partial charge in [0.1, 0.15) is 17.4 Å². The van der Waals surface area contributed by atoms with E-state index in [2.05, 4.69) is 0 Å². The molecule has 3 nitrogen and oxygen atoms in total. The van der Waals surface area contributed by atoms with Crippen LogP contribution in [0.25, 0.3) is 0 Å². The van der Waals surface area contributed by atoms with Crippen molar-refractivity contribution in [2.45, 2.75) is 38.6 Å². The van der Waals surface area contributed by atoms with Crippen LogP contribution in [0.5, 0.6) is 0 Å². The predicted molar refractivity (Wildman–Crippen MR) is 70.5 cm³/mol. The van der Waals surface area contributed by atoms with Crippen LogP contribution in [0.4, 0.5) is 8.78 Å². The van der Waals surface area contributed by atoms with Gasteiger partial charge < -0.3 is 4.90 Å². The normalized spacial score (nSPS) is 16.3. The molecule has 108 valence electrons. The third-order valence-corrected chi connectivity index (χ3v) is 3.86. The summed E-state index contributed by atoms with van der Waals surface area (Å²) in [5, 5.41) is 0. The number of hydrogen-bond acceptors (Lipinski definition) is 2. The summed E-state index contributed by atoms with van der Waals surface area (Å²) in [6.45, 7) is 1.49. The topological polar surface area (TPSA) is 37.4 Å². The standard InChI is InChI=1S/C15H17F2NO2/c1-9-7-12(14(17)8-13(9)16)15(20)18(2)10-3-5-11(19)6-4-10/h7-8,10H,3-6H2,1-2H3. The molecule has 1 amide bonds. The van der Waals surface area contributed by atoms with Gasteiger partial charge in [-0.1, -0.05) is 0 Å². The lowest BCUT2D eigenvalue weighted by molar-refractivity contribution is -0.121. The average Bonchev–Trinajstić information content (AvgIpc) is 2.42. The number of halogens is 2. The van der Waals surface area contributed by atoms with Crippen LogP contribution in [0.15, 0.2) is 12.1 Å². The summed E-state index contributed by atoms with van der Waals surface area (Å²) in [5.74, 6) is -1.78. The fraction of sp³-hybridized carbons (Fsp3) is 0.467. The van der Waals surface area contributed by atoms with Gasteiger partial charge in [0, 0.05) is 32.0 Å². The van der Waals surface area contributed by atoms with E-state index >= 15 is 0 Å². The molecule has 0 radical (unpaired) electrons. The zero-order chi connectivity index (χ0) is 14.9. The maximum Gasteiger partial charge on any atom is 0.256 e. The average molecular weight is 281 g/mol. The molecule has 0 heterocycles. The van der Waals surface area contributed by atoms with Crippen LogP contribution in [-0.2, 0) is 4.79 Å². The predicted octanol–water partition coefficient (Wildman–Crippen LogP) is 2.86. The minimum atomic E-state index is -0.850. The molecule has 1 aromatic rings. The van der Waals surface area contributed by atoms with Crippen LogP contribution in [0, 0.1) is 18.6 Å². The number of carbonyl (C=O) groups excluding carboxylic acids is 2. The Bertz CT molecular complexity index is 547. The molecule has 0 aromatic heterocycles. The Kier molecular flexibility index (Phi) is 4.16. The molecule has 5 heteroatoms. The Morgan fingerprint density at radius 3 is 2.40 bits per heavy atom. The summed E-state index contributed by atoms with van der Waals surface area (Å²) in [7, 11) is 1.60. The van der Waals surface area contributed by atoms with E-state index in [9.17, 15) is 18.4 Å². The lowest BCUT2D eigenvalue weighted by atomic mass is 9.93. The van der Waals surface area contributed by atoms with Crippen molar-refractivity contribution in [3.8, 4) is 0 Å². The zero-order valence-electron chi connectivity index (χ0n) is 11.6. The molecule has 0 unspecified atom stereocenters. The molecule has 0 bridgehead atoms. The van der Waals surface area contributed by atoms with Gasteiger partial charge in [-0.25, -0.2) is 8.78 Å². The lowest BCUT2D eigenvalue weighted by Crippen LogP contribution is -2.40. The first kappa shape index (κ1) is 14.6. The highest BCUT2D eigenvalue weighted by molar-refractivity contribution is 5.95. The quantitative estimate of drug-likeness (QED) is 0.836. The van der Waals surface area contributed by atoms with Crippen LogP contribution in [0.3, 0.4) is 0 Å². The minimum absolute atomic E-state index is 0.0649. The molecular weight excluding hydrogens is 264 g/mol. The molecule has 1 saturated carbocycles. The maximum atomic E-state index is 13.7. The second-order valence-corrected chi connectivity index (χ2v) is 5.27. The van der Waals surface area contributed by atoms with E-state index in [0.717, 1.165) is 6.07 Å². The number of nitrogens with zero attached hydrogens (tertiary/aromatic N) is 1. The van der Waals surface area contributed by atoms with Crippen LogP contribution in [0.2, 0.25) is 0 Å². The van der Waals surface area contributed by atoms with Gasteiger partial charge in [0.05, 0.1) is 5.56 Å². The Morgan fingerprint density at radius 2 is 1.80 bits per heavy atom. The fourth-order valence-electron chi connectivity index (χ4n) is 2.49. The highest BCUT2D eigenvalue weighted by atomic mass is 19.1.